The van der Waals surface area contributed by atoms with Crippen LogP contribution in [0.3, 0.4) is 0 Å². The predicted octanol–water partition coefficient (Wildman–Crippen LogP) is 4.19. The van der Waals surface area contributed by atoms with Gasteiger partial charge in [-0.15, -0.1) is 12.4 Å². The van der Waals surface area contributed by atoms with E-state index in [4.69, 9.17) is 11.6 Å². The van der Waals surface area contributed by atoms with E-state index in [0.717, 1.165) is 30.9 Å². The zero-order valence-electron chi connectivity index (χ0n) is 15.9. The Morgan fingerprint density at radius 2 is 2.11 bits per heavy atom. The highest BCUT2D eigenvalue weighted by Gasteiger charge is 2.21. The number of rotatable bonds is 6. The van der Waals surface area contributed by atoms with Crippen LogP contribution in [-0.4, -0.2) is 35.3 Å². The topological polar surface area (TPSA) is 59.0 Å². The van der Waals surface area contributed by atoms with Crippen molar-refractivity contribution < 1.29 is 4.79 Å². The molecule has 1 amide bonds. The highest BCUT2D eigenvalue weighted by molar-refractivity contribution is 6.30. The summed E-state index contributed by atoms with van der Waals surface area (Å²) in [5, 5.41) is 11.6. The van der Waals surface area contributed by atoms with Crippen molar-refractivity contribution in [2.45, 2.75) is 39.0 Å². The molecule has 1 aromatic carbocycles. The standard InChI is InChI=1S/C20H27ClN4O.ClH/c1-14(2)19-18(13-24-25(19)17-7-5-16(21)6-8-17)20(26)23-11-9-15-4-3-10-22-12-15;/h5-8,13-15,22H,3-4,9-12H2,1-2H3,(H,23,26);1H. The number of piperidine rings is 1. The fourth-order valence-electron chi connectivity index (χ4n) is 3.53. The summed E-state index contributed by atoms with van der Waals surface area (Å²) >= 11 is 5.98. The number of amides is 1. The van der Waals surface area contributed by atoms with E-state index in [9.17, 15) is 4.79 Å². The average Bonchev–Trinajstić information content (AvgIpc) is 3.08. The maximum atomic E-state index is 12.7. The van der Waals surface area contributed by atoms with E-state index >= 15 is 0 Å². The Labute approximate surface area is 172 Å². The molecule has 1 atom stereocenters. The number of aromatic nitrogens is 2. The quantitative estimate of drug-likeness (QED) is 0.750. The van der Waals surface area contributed by atoms with Crippen LogP contribution in [0.5, 0.6) is 0 Å². The van der Waals surface area contributed by atoms with Gasteiger partial charge in [0.2, 0.25) is 0 Å². The zero-order valence-corrected chi connectivity index (χ0v) is 17.4. The van der Waals surface area contributed by atoms with Gasteiger partial charge in [-0.25, -0.2) is 4.68 Å². The van der Waals surface area contributed by atoms with Crippen LogP contribution in [0, 0.1) is 5.92 Å². The minimum Gasteiger partial charge on any atom is -0.352 e. The predicted molar refractivity (Wildman–Crippen MR) is 112 cm³/mol. The lowest BCUT2D eigenvalue weighted by molar-refractivity contribution is 0.0949. The van der Waals surface area contributed by atoms with E-state index in [-0.39, 0.29) is 24.2 Å². The molecule has 1 aliphatic heterocycles. The number of carbonyl (C=O) groups is 1. The molecule has 0 bridgehead atoms. The molecule has 5 nitrogen and oxygen atoms in total. The summed E-state index contributed by atoms with van der Waals surface area (Å²) in [4.78, 5) is 12.7. The molecule has 0 spiro atoms. The first-order chi connectivity index (χ1) is 12.6. The monoisotopic (exact) mass is 410 g/mol. The van der Waals surface area contributed by atoms with Crippen molar-refractivity contribution in [3.63, 3.8) is 0 Å². The second kappa shape index (κ2) is 10.1. The lowest BCUT2D eigenvalue weighted by atomic mass is 9.96. The minimum absolute atomic E-state index is 0. The molecule has 1 unspecified atom stereocenters. The lowest BCUT2D eigenvalue weighted by Gasteiger charge is -2.22. The van der Waals surface area contributed by atoms with Gasteiger partial charge in [0, 0.05) is 11.6 Å². The summed E-state index contributed by atoms with van der Waals surface area (Å²) in [5.41, 5.74) is 2.48. The van der Waals surface area contributed by atoms with Crippen LogP contribution in [0.2, 0.25) is 5.02 Å². The first-order valence-corrected chi connectivity index (χ1v) is 9.77. The lowest BCUT2D eigenvalue weighted by Crippen LogP contribution is -2.33. The van der Waals surface area contributed by atoms with Crippen molar-refractivity contribution in [3.05, 3.63) is 46.7 Å². The van der Waals surface area contributed by atoms with Gasteiger partial charge in [0.05, 0.1) is 23.1 Å². The van der Waals surface area contributed by atoms with Gasteiger partial charge in [0.1, 0.15) is 0 Å². The second-order valence-corrected chi connectivity index (χ2v) is 7.68. The summed E-state index contributed by atoms with van der Waals surface area (Å²) in [7, 11) is 0. The van der Waals surface area contributed by atoms with Gasteiger partial charge in [-0.3, -0.25) is 4.79 Å². The van der Waals surface area contributed by atoms with Crippen LogP contribution in [0.1, 0.15) is 55.1 Å². The number of hydrogen-bond donors (Lipinski definition) is 2. The van der Waals surface area contributed by atoms with E-state index in [2.05, 4.69) is 29.6 Å². The molecule has 7 heteroatoms. The molecule has 3 rings (SSSR count). The Hall–Kier alpha value is -1.56. The van der Waals surface area contributed by atoms with Crippen LogP contribution in [0.15, 0.2) is 30.5 Å². The highest BCUT2D eigenvalue weighted by atomic mass is 35.5. The molecule has 2 N–H and O–H groups in total. The smallest absolute Gasteiger partial charge is 0.254 e. The summed E-state index contributed by atoms with van der Waals surface area (Å²) < 4.78 is 1.83. The van der Waals surface area contributed by atoms with Crippen molar-refractivity contribution in [1.29, 1.82) is 0 Å². The van der Waals surface area contributed by atoms with E-state index in [1.807, 2.05) is 28.9 Å². The Kier molecular flexibility index (Phi) is 8.14. The number of nitrogens with one attached hydrogen (secondary N) is 2. The number of hydrogen-bond acceptors (Lipinski definition) is 3. The zero-order chi connectivity index (χ0) is 18.5. The van der Waals surface area contributed by atoms with Crippen molar-refractivity contribution in [2.24, 2.45) is 5.92 Å². The molecule has 2 aromatic rings. The summed E-state index contributed by atoms with van der Waals surface area (Å²) in [6, 6.07) is 7.50. The highest BCUT2D eigenvalue weighted by Crippen LogP contribution is 2.24. The van der Waals surface area contributed by atoms with Crippen molar-refractivity contribution >= 4 is 29.9 Å². The third-order valence-electron chi connectivity index (χ3n) is 4.91. The molecule has 1 aliphatic rings. The third-order valence-corrected chi connectivity index (χ3v) is 5.16. The van der Waals surface area contributed by atoms with Gasteiger partial charge in [0.25, 0.3) is 5.91 Å². The molecule has 1 saturated heterocycles. The van der Waals surface area contributed by atoms with E-state index < -0.39 is 0 Å². The Balaban J connectivity index is 0.00000261. The molecular formula is C20H28Cl2N4O. The first kappa shape index (κ1) is 21.7. The summed E-state index contributed by atoms with van der Waals surface area (Å²) in [5.74, 6) is 0.791. The Morgan fingerprint density at radius 1 is 1.37 bits per heavy atom. The van der Waals surface area contributed by atoms with Gasteiger partial charge in [-0.1, -0.05) is 25.4 Å². The average molecular weight is 411 g/mol. The number of carbonyl (C=O) groups excluding carboxylic acids is 1. The fraction of sp³-hybridized carbons (Fsp3) is 0.500. The van der Waals surface area contributed by atoms with Gasteiger partial charge >= 0.3 is 0 Å². The van der Waals surface area contributed by atoms with Crippen LogP contribution >= 0.6 is 24.0 Å². The summed E-state index contributed by atoms with van der Waals surface area (Å²) in [6.07, 6.45) is 5.15. The Morgan fingerprint density at radius 3 is 2.74 bits per heavy atom. The van der Waals surface area contributed by atoms with Gasteiger partial charge in [0.15, 0.2) is 0 Å². The molecule has 0 radical (unpaired) electrons. The number of benzene rings is 1. The van der Waals surface area contributed by atoms with E-state index in [1.54, 1.807) is 6.20 Å². The first-order valence-electron chi connectivity index (χ1n) is 9.39. The molecular weight excluding hydrogens is 383 g/mol. The van der Waals surface area contributed by atoms with E-state index in [1.165, 1.54) is 12.8 Å². The fourth-order valence-corrected chi connectivity index (χ4v) is 3.66. The van der Waals surface area contributed by atoms with Crippen LogP contribution in [0.25, 0.3) is 5.69 Å². The van der Waals surface area contributed by atoms with Crippen molar-refractivity contribution in [1.82, 2.24) is 20.4 Å². The van der Waals surface area contributed by atoms with Gasteiger partial charge in [-0.05, 0) is 68.5 Å². The Bertz CT molecular complexity index is 737. The molecule has 0 saturated carbocycles. The largest absolute Gasteiger partial charge is 0.352 e. The van der Waals surface area contributed by atoms with Crippen LogP contribution in [0.4, 0.5) is 0 Å². The van der Waals surface area contributed by atoms with Crippen molar-refractivity contribution in [3.8, 4) is 5.69 Å². The molecule has 1 fully saturated rings. The maximum Gasteiger partial charge on any atom is 0.254 e. The molecule has 2 heterocycles. The van der Waals surface area contributed by atoms with Crippen LogP contribution in [-0.2, 0) is 0 Å². The normalized spacial score (nSPS) is 16.8. The second-order valence-electron chi connectivity index (χ2n) is 7.24. The van der Waals surface area contributed by atoms with Gasteiger partial charge in [-0.2, -0.15) is 5.10 Å². The molecule has 1 aromatic heterocycles. The summed E-state index contributed by atoms with van der Waals surface area (Å²) in [6.45, 7) is 7.03. The maximum absolute atomic E-state index is 12.7. The molecule has 148 valence electrons. The molecule has 0 aliphatic carbocycles. The van der Waals surface area contributed by atoms with Crippen molar-refractivity contribution in [2.75, 3.05) is 19.6 Å². The van der Waals surface area contributed by atoms with Crippen LogP contribution < -0.4 is 10.6 Å². The minimum atomic E-state index is -0.0438. The number of halogens is 2. The third kappa shape index (κ3) is 5.47. The molecule has 27 heavy (non-hydrogen) atoms. The SMILES string of the molecule is CC(C)c1c(C(=O)NCCC2CCCNC2)cnn1-c1ccc(Cl)cc1.Cl. The van der Waals surface area contributed by atoms with Gasteiger partial charge < -0.3 is 10.6 Å². The number of nitrogens with zero attached hydrogens (tertiary/aromatic N) is 2. The van der Waals surface area contributed by atoms with E-state index in [0.29, 0.717) is 23.0 Å².